The highest BCUT2D eigenvalue weighted by atomic mass is 32.2. The van der Waals surface area contributed by atoms with E-state index in [0.717, 1.165) is 18.2 Å². The normalized spacial score (nSPS) is 17.7. The van der Waals surface area contributed by atoms with E-state index in [1.54, 1.807) is 56.5 Å². The lowest BCUT2D eigenvalue weighted by molar-refractivity contribution is -0.146. The molecule has 0 radical (unpaired) electrons. The fourth-order valence-electron chi connectivity index (χ4n) is 5.54. The molecule has 0 amide bonds. The second-order valence-corrected chi connectivity index (χ2v) is 13.5. The van der Waals surface area contributed by atoms with Gasteiger partial charge >= 0.3 is 11.9 Å². The number of nitriles is 1. The standard InChI is InChI=1S/C38H36F3N5O6S/c1-25(53-30-20-50-36(51-21-30)10-6-4-7-27-12-11-26(17-42)15-33(27)40)38(22-46-24-44-23-45-46,32-14-13-29(39)16-34(32)41)52-37(48)31-9-5-3-8-28(31)19-49-35(47)18-43-2/h3-16,23-25,30,36,43H,18-22H2,1-2H3/b7-4+,10-6+/t25-,30-,36-,38-/m1/s1. The number of hydrogen-bond acceptors (Lipinski definition) is 11. The summed E-state index contributed by atoms with van der Waals surface area (Å²) < 4.78 is 69.2. The third kappa shape index (κ3) is 10.2. The van der Waals surface area contributed by atoms with Gasteiger partial charge in [-0.1, -0.05) is 42.5 Å². The molecule has 5 rings (SSSR count). The minimum Gasteiger partial charge on any atom is -0.460 e. The van der Waals surface area contributed by atoms with Gasteiger partial charge in [-0.3, -0.25) is 4.79 Å². The van der Waals surface area contributed by atoms with Crippen LogP contribution in [0.5, 0.6) is 0 Å². The molecule has 3 aromatic carbocycles. The average Bonchev–Trinajstić information content (AvgIpc) is 3.66. The van der Waals surface area contributed by atoms with Crippen molar-refractivity contribution in [3.63, 3.8) is 0 Å². The molecule has 53 heavy (non-hydrogen) atoms. The Kier molecular flexibility index (Phi) is 13.6. The predicted octanol–water partition coefficient (Wildman–Crippen LogP) is 5.71. The summed E-state index contributed by atoms with van der Waals surface area (Å²) in [5.74, 6) is -3.63. The third-order valence-corrected chi connectivity index (χ3v) is 9.65. The van der Waals surface area contributed by atoms with Crippen LogP contribution in [-0.2, 0) is 42.5 Å². The number of nitrogens with one attached hydrogen (secondary N) is 1. The lowest BCUT2D eigenvalue weighted by Gasteiger charge is -2.40. The molecule has 0 unspecified atom stereocenters. The Balaban J connectivity index is 1.36. The van der Waals surface area contributed by atoms with E-state index in [4.69, 9.17) is 24.2 Å². The van der Waals surface area contributed by atoms with E-state index in [-0.39, 0.29) is 54.9 Å². The fourth-order valence-corrected chi connectivity index (χ4v) is 6.91. The van der Waals surface area contributed by atoms with E-state index in [1.807, 2.05) is 6.07 Å². The summed E-state index contributed by atoms with van der Waals surface area (Å²) in [6.45, 7) is 1.72. The molecule has 2 heterocycles. The van der Waals surface area contributed by atoms with Gasteiger partial charge in [-0.05, 0) is 50.4 Å². The summed E-state index contributed by atoms with van der Waals surface area (Å²) >= 11 is 1.32. The molecule has 1 saturated heterocycles. The van der Waals surface area contributed by atoms with Crippen molar-refractivity contribution in [3.05, 3.63) is 137 Å². The van der Waals surface area contributed by atoms with Crippen LogP contribution in [0.2, 0.25) is 0 Å². The fraction of sp³-hybridized carbons (Fsp3) is 0.289. The Bertz CT molecular complexity index is 1980. The summed E-state index contributed by atoms with van der Waals surface area (Å²) in [5, 5.41) is 14.8. The Morgan fingerprint density at radius 3 is 2.60 bits per heavy atom. The van der Waals surface area contributed by atoms with Crippen molar-refractivity contribution in [3.8, 4) is 6.07 Å². The molecule has 0 spiro atoms. The molecule has 2 atom stereocenters. The molecular weight excluding hydrogens is 712 g/mol. The van der Waals surface area contributed by atoms with Gasteiger partial charge in [-0.2, -0.15) is 10.4 Å². The van der Waals surface area contributed by atoms with Gasteiger partial charge in [0.15, 0.2) is 11.9 Å². The van der Waals surface area contributed by atoms with E-state index < -0.39 is 46.5 Å². The first-order chi connectivity index (χ1) is 25.6. The molecule has 1 aromatic heterocycles. The number of carbonyl (C=O) groups is 2. The third-order valence-electron chi connectivity index (χ3n) is 8.20. The number of rotatable bonds is 15. The first kappa shape index (κ1) is 38.9. The highest BCUT2D eigenvalue weighted by molar-refractivity contribution is 8.00. The van der Waals surface area contributed by atoms with Crippen LogP contribution < -0.4 is 5.32 Å². The van der Waals surface area contributed by atoms with E-state index in [0.29, 0.717) is 11.1 Å². The monoisotopic (exact) mass is 747 g/mol. The Morgan fingerprint density at radius 2 is 1.91 bits per heavy atom. The van der Waals surface area contributed by atoms with Crippen LogP contribution in [0.25, 0.3) is 6.08 Å². The summed E-state index contributed by atoms with van der Waals surface area (Å²) in [4.78, 5) is 30.2. The Morgan fingerprint density at radius 1 is 1.11 bits per heavy atom. The van der Waals surface area contributed by atoms with Gasteiger partial charge in [-0.25, -0.2) is 27.6 Å². The van der Waals surface area contributed by atoms with Crippen molar-refractivity contribution in [1.29, 1.82) is 5.26 Å². The lowest BCUT2D eigenvalue weighted by Crippen LogP contribution is -2.47. The van der Waals surface area contributed by atoms with Crippen LogP contribution >= 0.6 is 11.8 Å². The molecule has 11 nitrogen and oxygen atoms in total. The van der Waals surface area contributed by atoms with Crippen LogP contribution in [0.3, 0.4) is 0 Å². The Hall–Kier alpha value is -5.27. The number of ether oxygens (including phenoxy) is 4. The van der Waals surface area contributed by atoms with Crippen LogP contribution in [0.4, 0.5) is 13.2 Å². The number of nitrogens with zero attached hydrogens (tertiary/aromatic N) is 4. The van der Waals surface area contributed by atoms with Gasteiger partial charge in [0.2, 0.25) is 0 Å². The molecular formula is C38H36F3N5O6S. The second kappa shape index (κ2) is 18.5. The zero-order valence-electron chi connectivity index (χ0n) is 28.8. The maximum atomic E-state index is 15.8. The first-order valence-corrected chi connectivity index (χ1v) is 17.4. The van der Waals surface area contributed by atoms with Gasteiger partial charge < -0.3 is 24.3 Å². The predicted molar refractivity (Wildman–Crippen MR) is 189 cm³/mol. The lowest BCUT2D eigenvalue weighted by atomic mass is 9.89. The minimum atomic E-state index is -1.79. The Labute approximate surface area is 308 Å². The molecule has 0 saturated carbocycles. The molecule has 0 bridgehead atoms. The molecule has 1 N–H and O–H groups in total. The molecule has 4 aromatic rings. The summed E-state index contributed by atoms with van der Waals surface area (Å²) in [7, 11) is 1.60. The maximum absolute atomic E-state index is 15.8. The van der Waals surface area contributed by atoms with Crippen LogP contribution in [0.1, 0.15) is 39.5 Å². The van der Waals surface area contributed by atoms with Crippen molar-refractivity contribution < 1.29 is 41.7 Å². The summed E-state index contributed by atoms with van der Waals surface area (Å²) in [6, 6.07) is 15.5. The van der Waals surface area contributed by atoms with Crippen molar-refractivity contribution >= 4 is 29.8 Å². The maximum Gasteiger partial charge on any atom is 0.339 e. The SMILES string of the molecule is CNCC(=O)OCc1ccccc1C(=O)O[C@@](Cn1cncn1)(c1ccc(F)cc1F)[C@@H](C)S[C@H]1CO[C@H](/C=C/C=C/c2ccc(C#N)cc2F)OC1. The number of likely N-dealkylation sites (N-methyl/N-ethyl adjacent to an activating group) is 1. The number of aromatic nitrogens is 3. The van der Waals surface area contributed by atoms with Crippen molar-refractivity contribution in [1.82, 2.24) is 20.1 Å². The number of benzene rings is 3. The van der Waals surface area contributed by atoms with Crippen molar-refractivity contribution in [2.24, 2.45) is 0 Å². The van der Waals surface area contributed by atoms with Crippen molar-refractivity contribution in [2.45, 2.75) is 42.5 Å². The zero-order valence-corrected chi connectivity index (χ0v) is 29.6. The smallest absolute Gasteiger partial charge is 0.339 e. The molecule has 276 valence electrons. The van der Waals surface area contributed by atoms with Gasteiger partial charge in [-0.15, -0.1) is 11.8 Å². The van der Waals surface area contributed by atoms with E-state index >= 15 is 4.39 Å². The quantitative estimate of drug-likeness (QED) is 0.118. The zero-order chi connectivity index (χ0) is 37.8. The van der Waals surface area contributed by atoms with Gasteiger partial charge in [0, 0.05) is 28.0 Å². The van der Waals surface area contributed by atoms with E-state index in [9.17, 15) is 18.4 Å². The molecule has 1 aliphatic heterocycles. The summed E-state index contributed by atoms with van der Waals surface area (Å²) in [5.41, 5.74) is -0.893. The molecule has 1 aliphatic rings. The number of esters is 2. The van der Waals surface area contributed by atoms with Crippen molar-refractivity contribution in [2.75, 3.05) is 26.8 Å². The first-order valence-electron chi connectivity index (χ1n) is 16.4. The van der Waals surface area contributed by atoms with Gasteiger partial charge in [0.1, 0.15) is 36.7 Å². The second-order valence-electron chi connectivity index (χ2n) is 11.9. The van der Waals surface area contributed by atoms with E-state index in [1.165, 1.54) is 53.4 Å². The minimum absolute atomic E-state index is 0.0317. The van der Waals surface area contributed by atoms with Crippen LogP contribution in [0.15, 0.2) is 91.5 Å². The molecule has 0 aliphatic carbocycles. The largest absolute Gasteiger partial charge is 0.460 e. The number of allylic oxidation sites excluding steroid dienone is 2. The number of halogens is 3. The van der Waals surface area contributed by atoms with Gasteiger partial charge in [0.05, 0.1) is 48.7 Å². The highest BCUT2D eigenvalue weighted by Crippen LogP contribution is 2.42. The van der Waals surface area contributed by atoms with E-state index in [2.05, 4.69) is 15.4 Å². The van der Waals surface area contributed by atoms with Crippen LogP contribution in [-0.4, -0.2) is 70.3 Å². The highest BCUT2D eigenvalue weighted by Gasteiger charge is 2.47. The van der Waals surface area contributed by atoms with Crippen LogP contribution in [0, 0.1) is 28.8 Å². The molecule has 15 heteroatoms. The summed E-state index contributed by atoms with van der Waals surface area (Å²) in [6.07, 6.45) is 8.45. The average molecular weight is 748 g/mol. The van der Waals surface area contributed by atoms with Gasteiger partial charge in [0.25, 0.3) is 0 Å². The number of carbonyl (C=O) groups excluding carboxylic acids is 2. The number of thioether (sulfide) groups is 1. The molecule has 1 fully saturated rings. The topological polar surface area (TPSA) is 138 Å². The number of hydrogen-bond donors (Lipinski definition) is 1.